The van der Waals surface area contributed by atoms with Crippen LogP contribution in [0.1, 0.15) is 6.42 Å². The smallest absolute Gasteiger partial charge is 0.167 e. The number of halogens is 4. The number of nitrogens with zero attached hydrogens (tertiary/aromatic N) is 2. The summed E-state index contributed by atoms with van der Waals surface area (Å²) in [6.07, 6.45) is 0.975. The second-order valence-electron chi connectivity index (χ2n) is 15.8. The summed E-state index contributed by atoms with van der Waals surface area (Å²) in [5.41, 5.74) is 8.63. The largest absolute Gasteiger partial charge is 0.489 e. The molecule has 1 fully saturated rings. The highest BCUT2D eigenvalue weighted by Gasteiger charge is 2.20. The molecule has 0 radical (unpaired) electrons. The molecule has 10 aromatic rings. The summed E-state index contributed by atoms with van der Waals surface area (Å²) >= 11 is 14.5. The molecule has 0 saturated carbocycles. The van der Waals surface area contributed by atoms with Crippen LogP contribution < -0.4 is 14.8 Å². The Hall–Kier alpha value is -4.08. The number of ether oxygens (including phenoxy) is 2. The number of aromatic amines is 4. The van der Waals surface area contributed by atoms with Crippen LogP contribution in [0.25, 0.3) is 87.2 Å². The third-order valence-corrected chi connectivity index (χ3v) is 13.5. The van der Waals surface area contributed by atoms with E-state index < -0.39 is 0 Å². The van der Waals surface area contributed by atoms with Gasteiger partial charge in [0.25, 0.3) is 0 Å². The van der Waals surface area contributed by atoms with E-state index in [1.165, 1.54) is 43.1 Å². The number of benzene rings is 6. The van der Waals surface area contributed by atoms with Gasteiger partial charge in [0.15, 0.2) is 11.5 Å². The third kappa shape index (κ3) is 7.60. The van der Waals surface area contributed by atoms with Crippen molar-refractivity contribution in [3.63, 3.8) is 0 Å². The fourth-order valence-corrected chi connectivity index (χ4v) is 10.1. The monoisotopic (exact) mass is 1050 g/mol. The Morgan fingerprint density at radius 1 is 0.500 bits per heavy atom. The first-order valence-electron chi connectivity index (χ1n) is 20.2. The van der Waals surface area contributed by atoms with Crippen molar-refractivity contribution in [3.8, 4) is 11.5 Å². The fraction of sp³-hybridized carbons (Fsp3) is 0.234. The van der Waals surface area contributed by atoms with Gasteiger partial charge in [-0.05, 0) is 105 Å². The fourth-order valence-electron chi connectivity index (χ4n) is 8.65. The van der Waals surface area contributed by atoms with Crippen molar-refractivity contribution in [2.75, 3.05) is 66.6 Å². The van der Waals surface area contributed by atoms with Gasteiger partial charge in [0.05, 0.1) is 28.7 Å². The summed E-state index contributed by atoms with van der Waals surface area (Å²) in [4.78, 5) is 19.0. The van der Waals surface area contributed by atoms with Crippen molar-refractivity contribution >= 4 is 151 Å². The molecule has 11 rings (SSSR count). The van der Waals surface area contributed by atoms with E-state index in [0.29, 0.717) is 13.2 Å². The zero-order valence-corrected chi connectivity index (χ0v) is 39.5. The molecule has 5 heterocycles. The summed E-state index contributed by atoms with van der Waals surface area (Å²) < 4.78 is 17.2. The van der Waals surface area contributed by atoms with Crippen LogP contribution in [0.4, 0.5) is 0 Å². The van der Waals surface area contributed by atoms with Crippen molar-refractivity contribution in [1.29, 1.82) is 0 Å². The second kappa shape index (κ2) is 16.7. The summed E-state index contributed by atoms with van der Waals surface area (Å²) in [6.45, 7) is 7.50. The van der Waals surface area contributed by atoms with Crippen molar-refractivity contribution in [2.24, 2.45) is 0 Å². The van der Waals surface area contributed by atoms with Gasteiger partial charge in [-0.2, -0.15) is 0 Å². The molecule has 5 N–H and O–H groups in total. The van der Waals surface area contributed by atoms with Gasteiger partial charge < -0.3 is 39.6 Å². The van der Waals surface area contributed by atoms with Crippen molar-refractivity contribution in [1.82, 2.24) is 35.1 Å². The summed E-state index contributed by atoms with van der Waals surface area (Å²) in [5.74, 6) is 1.80. The molecule has 1 aliphatic heterocycles. The quantitative estimate of drug-likeness (QED) is 0.0928. The summed E-state index contributed by atoms with van der Waals surface area (Å²) in [7, 11) is 4.17. The van der Waals surface area contributed by atoms with E-state index >= 15 is 0 Å². The standard InChI is InChI=1S/C24H22Br2N4O.C23H21Br2N3O/c25-14-1-3-20-16(11-14)18-13-19-17-12-15(26)2-4-21(17)29-23(19)24(22(18)28-20)31-10-9-30-7-5-27-6-8-30;1-28(2)8-3-9-29-23-21-17(15-10-13(24)4-6-19(15)26-21)12-18-16-11-14(25)5-7-20(16)27-22(18)23/h1-4,11-13,27-29H,5-10H2;4-7,10-12,26-27H,3,8-9H2,1-2H3. The van der Waals surface area contributed by atoms with Gasteiger partial charge in [-0.25, -0.2) is 0 Å². The van der Waals surface area contributed by atoms with Crippen molar-refractivity contribution < 1.29 is 9.47 Å². The van der Waals surface area contributed by atoms with Gasteiger partial charge in [0.1, 0.15) is 6.61 Å². The number of hydrogen-bond acceptors (Lipinski definition) is 5. The van der Waals surface area contributed by atoms with E-state index in [-0.39, 0.29) is 0 Å². The molecule has 9 nitrogen and oxygen atoms in total. The topological polar surface area (TPSA) is 100 Å². The van der Waals surface area contributed by atoms with Crippen LogP contribution >= 0.6 is 63.7 Å². The Morgan fingerprint density at radius 2 is 0.867 bits per heavy atom. The maximum Gasteiger partial charge on any atom is 0.167 e. The minimum Gasteiger partial charge on any atom is -0.489 e. The van der Waals surface area contributed by atoms with E-state index in [9.17, 15) is 0 Å². The molecule has 4 aromatic heterocycles. The van der Waals surface area contributed by atoms with Crippen LogP contribution in [0.2, 0.25) is 0 Å². The van der Waals surface area contributed by atoms with Gasteiger partial charge in [0.2, 0.25) is 0 Å². The SMILES string of the molecule is Brc1ccc2[nH]c3c(OCCN4CCNCC4)c4[nH]c5ccc(Br)cc5c4cc3c2c1.CN(C)CCCOc1c2[nH]c3ccc(Br)cc3c2cc2c1[nH]c1ccc(Br)cc12. The lowest BCUT2D eigenvalue weighted by atomic mass is 10.1. The molecule has 0 bridgehead atoms. The Bertz CT molecular complexity index is 3040. The number of aromatic nitrogens is 4. The average Bonchev–Trinajstić information content (AvgIpc) is 4.00. The van der Waals surface area contributed by atoms with Crippen LogP contribution in [0.3, 0.4) is 0 Å². The van der Waals surface area contributed by atoms with Gasteiger partial charge in [-0.15, -0.1) is 0 Å². The van der Waals surface area contributed by atoms with Crippen molar-refractivity contribution in [3.05, 3.63) is 103 Å². The first kappa shape index (κ1) is 40.0. The zero-order chi connectivity index (χ0) is 41.1. The number of fused-ring (bicyclic) bond motifs is 12. The van der Waals surface area contributed by atoms with Crippen LogP contribution in [0.5, 0.6) is 11.5 Å². The van der Waals surface area contributed by atoms with E-state index in [4.69, 9.17) is 9.47 Å². The number of rotatable bonds is 9. The van der Waals surface area contributed by atoms with E-state index in [1.807, 2.05) is 0 Å². The predicted octanol–water partition coefficient (Wildman–Crippen LogP) is 12.6. The van der Waals surface area contributed by atoms with Crippen LogP contribution in [0, 0.1) is 0 Å². The lowest BCUT2D eigenvalue weighted by Crippen LogP contribution is -2.44. The number of piperazine rings is 1. The number of hydrogen-bond donors (Lipinski definition) is 5. The molecule has 13 heteroatoms. The molecule has 0 aliphatic carbocycles. The van der Waals surface area contributed by atoms with Crippen LogP contribution in [-0.2, 0) is 0 Å². The predicted molar refractivity (Wildman–Crippen MR) is 265 cm³/mol. The van der Waals surface area contributed by atoms with Gasteiger partial charge in [-0.3, -0.25) is 4.90 Å². The molecule has 0 amide bonds. The zero-order valence-electron chi connectivity index (χ0n) is 33.2. The molecule has 1 saturated heterocycles. The lowest BCUT2D eigenvalue weighted by Gasteiger charge is -2.27. The Morgan fingerprint density at radius 3 is 1.23 bits per heavy atom. The Labute approximate surface area is 380 Å². The number of H-pyrrole nitrogens is 4. The molecule has 1 aliphatic rings. The minimum absolute atomic E-state index is 0.659. The van der Waals surface area contributed by atoms with Crippen molar-refractivity contribution in [2.45, 2.75) is 6.42 Å². The minimum atomic E-state index is 0.659. The first-order valence-corrected chi connectivity index (χ1v) is 23.4. The molecule has 6 aromatic carbocycles. The molecular formula is C47H43Br4N7O2. The van der Waals surface area contributed by atoms with Gasteiger partial charge in [-0.1, -0.05) is 63.7 Å². The normalized spacial score (nSPS) is 13.9. The molecular weight excluding hydrogens is 1010 g/mol. The third-order valence-electron chi connectivity index (χ3n) is 11.5. The van der Waals surface area contributed by atoms with Gasteiger partial charge >= 0.3 is 0 Å². The molecule has 60 heavy (non-hydrogen) atoms. The van der Waals surface area contributed by atoms with Crippen LogP contribution in [0.15, 0.2) is 103 Å². The highest BCUT2D eigenvalue weighted by atomic mass is 79.9. The maximum atomic E-state index is 6.51. The molecule has 0 spiro atoms. The maximum absolute atomic E-state index is 6.51. The van der Waals surface area contributed by atoms with E-state index in [2.05, 4.69) is 198 Å². The summed E-state index contributed by atoms with van der Waals surface area (Å²) in [5, 5.41) is 12.9. The molecule has 306 valence electrons. The lowest BCUT2D eigenvalue weighted by molar-refractivity contribution is 0.193. The van der Waals surface area contributed by atoms with Crippen LogP contribution in [-0.4, -0.2) is 96.3 Å². The first-order chi connectivity index (χ1) is 29.2. The Kier molecular flexibility index (Phi) is 11.1. The Balaban J connectivity index is 0.000000145. The summed E-state index contributed by atoms with van der Waals surface area (Å²) in [6, 6.07) is 30.0. The van der Waals surface area contributed by atoms with E-state index in [1.54, 1.807) is 0 Å². The molecule has 0 atom stereocenters. The van der Waals surface area contributed by atoms with E-state index in [0.717, 1.165) is 119 Å². The molecule has 0 unspecified atom stereocenters. The average molecular weight is 1060 g/mol. The highest BCUT2D eigenvalue weighted by molar-refractivity contribution is 9.11. The highest BCUT2D eigenvalue weighted by Crippen LogP contribution is 2.43. The number of nitrogens with one attached hydrogen (secondary N) is 5. The van der Waals surface area contributed by atoms with Gasteiger partial charge in [0, 0.05) is 122 Å². The second-order valence-corrected chi connectivity index (χ2v) is 19.5.